The number of carbonyl (C=O) groups excluding carboxylic acids is 2. The normalized spacial score (nSPS) is 19.3. The number of hydrogen-bond acceptors (Lipinski definition) is 3. The Balaban J connectivity index is 2.55. The summed E-state index contributed by atoms with van der Waals surface area (Å²) in [6, 6.07) is 0. The molecule has 3 nitrogen and oxygen atoms in total. The van der Waals surface area contributed by atoms with Crippen LogP contribution >= 0.6 is 0 Å². The first kappa shape index (κ1) is 12.0. The summed E-state index contributed by atoms with van der Waals surface area (Å²) in [7, 11) is 0. The molecule has 15 heavy (non-hydrogen) atoms. The monoisotopic (exact) mass is 210 g/mol. The van der Waals surface area contributed by atoms with Gasteiger partial charge in [-0.25, -0.2) is 0 Å². The van der Waals surface area contributed by atoms with Gasteiger partial charge in [0.05, 0.1) is 0 Å². The van der Waals surface area contributed by atoms with E-state index in [1.807, 2.05) is 0 Å². The second-order valence-corrected chi connectivity index (χ2v) is 4.18. The van der Waals surface area contributed by atoms with E-state index in [0.717, 1.165) is 25.7 Å². The van der Waals surface area contributed by atoms with E-state index in [1.54, 1.807) is 6.08 Å². The van der Waals surface area contributed by atoms with Crippen molar-refractivity contribution < 1.29 is 14.3 Å². The third kappa shape index (κ3) is 3.50. The number of ether oxygens (including phenoxy) is 1. The van der Waals surface area contributed by atoms with Crippen molar-refractivity contribution in [1.82, 2.24) is 0 Å². The van der Waals surface area contributed by atoms with Gasteiger partial charge in [0.25, 0.3) is 0 Å². The summed E-state index contributed by atoms with van der Waals surface area (Å²) in [4.78, 5) is 22.2. The van der Waals surface area contributed by atoms with Crippen LogP contribution in [0.4, 0.5) is 0 Å². The lowest BCUT2D eigenvalue weighted by Gasteiger charge is -2.33. The number of rotatable bonds is 4. The zero-order valence-electron chi connectivity index (χ0n) is 9.25. The average molecular weight is 210 g/mol. The van der Waals surface area contributed by atoms with Crippen LogP contribution in [-0.4, -0.2) is 17.4 Å². The number of carbonyl (C=O) groups is 2. The largest absolute Gasteiger partial charge is 0.454 e. The lowest BCUT2D eigenvalue weighted by molar-refractivity contribution is -0.158. The Morgan fingerprint density at radius 1 is 1.33 bits per heavy atom. The summed E-state index contributed by atoms with van der Waals surface area (Å²) in [6.07, 6.45) is 6.54. The molecule has 84 valence electrons. The predicted octanol–water partition coefficient (Wildman–Crippen LogP) is 2.40. The highest BCUT2D eigenvalue weighted by Crippen LogP contribution is 2.32. The molecule has 1 aliphatic carbocycles. The summed E-state index contributed by atoms with van der Waals surface area (Å²) in [5.74, 6) is -0.584. The van der Waals surface area contributed by atoms with Crippen molar-refractivity contribution in [2.45, 2.75) is 51.0 Å². The fraction of sp³-hybridized carbons (Fsp3) is 0.667. The quantitative estimate of drug-likeness (QED) is 0.406. The van der Waals surface area contributed by atoms with E-state index in [4.69, 9.17) is 4.74 Å². The van der Waals surface area contributed by atoms with Gasteiger partial charge in [0.2, 0.25) is 0 Å². The molecule has 0 aromatic heterocycles. The summed E-state index contributed by atoms with van der Waals surface area (Å²) in [5, 5.41) is 0. The fourth-order valence-corrected chi connectivity index (χ4v) is 1.96. The first-order valence-electron chi connectivity index (χ1n) is 5.43. The maximum atomic E-state index is 11.4. The first-order valence-corrected chi connectivity index (χ1v) is 5.43. The van der Waals surface area contributed by atoms with Gasteiger partial charge in [-0.15, -0.1) is 0 Å². The van der Waals surface area contributed by atoms with Gasteiger partial charge in [-0.05, 0) is 38.7 Å². The summed E-state index contributed by atoms with van der Waals surface area (Å²) < 4.78 is 5.36. The van der Waals surface area contributed by atoms with Gasteiger partial charge in [0.15, 0.2) is 0 Å². The molecule has 0 bridgehead atoms. The van der Waals surface area contributed by atoms with Crippen LogP contribution in [-0.2, 0) is 14.3 Å². The van der Waals surface area contributed by atoms with Crippen LogP contribution in [0, 0.1) is 0 Å². The first-order chi connectivity index (χ1) is 7.08. The lowest BCUT2D eigenvalue weighted by Crippen LogP contribution is -2.35. The Kier molecular flexibility index (Phi) is 4.06. The summed E-state index contributed by atoms with van der Waals surface area (Å²) in [5.41, 5.74) is -0.509. The van der Waals surface area contributed by atoms with E-state index in [2.05, 4.69) is 6.58 Å². The van der Waals surface area contributed by atoms with Gasteiger partial charge < -0.3 is 4.74 Å². The van der Waals surface area contributed by atoms with Crippen LogP contribution in [0.1, 0.15) is 45.4 Å². The Morgan fingerprint density at radius 2 is 1.93 bits per heavy atom. The van der Waals surface area contributed by atoms with Crippen LogP contribution in [0.3, 0.4) is 0 Å². The Morgan fingerprint density at radius 3 is 2.40 bits per heavy atom. The highest BCUT2D eigenvalue weighted by atomic mass is 16.6. The van der Waals surface area contributed by atoms with Crippen LogP contribution in [0.5, 0.6) is 0 Å². The van der Waals surface area contributed by atoms with Crippen molar-refractivity contribution in [3.05, 3.63) is 12.7 Å². The molecule has 1 fully saturated rings. The maximum Gasteiger partial charge on any atom is 0.314 e. The van der Waals surface area contributed by atoms with Gasteiger partial charge in [-0.1, -0.05) is 13.0 Å². The SMILES string of the molecule is C=CC1(OC(=O)CC(C)=O)CCCCC1. The zero-order chi connectivity index (χ0) is 11.3. The number of ketones is 1. The number of esters is 1. The van der Waals surface area contributed by atoms with Gasteiger partial charge >= 0.3 is 5.97 Å². The Hall–Kier alpha value is -1.12. The molecule has 0 saturated heterocycles. The topological polar surface area (TPSA) is 43.4 Å². The zero-order valence-corrected chi connectivity index (χ0v) is 9.25. The van der Waals surface area contributed by atoms with E-state index in [0.29, 0.717) is 0 Å². The van der Waals surface area contributed by atoms with Crippen molar-refractivity contribution >= 4 is 11.8 Å². The lowest BCUT2D eigenvalue weighted by atomic mass is 9.85. The van der Waals surface area contributed by atoms with E-state index in [9.17, 15) is 9.59 Å². The molecule has 1 aliphatic rings. The van der Waals surface area contributed by atoms with Crippen LogP contribution in [0.2, 0.25) is 0 Å². The maximum absolute atomic E-state index is 11.4. The molecule has 0 aromatic carbocycles. The minimum atomic E-state index is -0.509. The number of hydrogen-bond donors (Lipinski definition) is 0. The highest BCUT2D eigenvalue weighted by Gasteiger charge is 2.32. The smallest absolute Gasteiger partial charge is 0.314 e. The summed E-state index contributed by atoms with van der Waals surface area (Å²) in [6.45, 7) is 5.12. The van der Waals surface area contributed by atoms with Crippen LogP contribution < -0.4 is 0 Å². The molecule has 0 heterocycles. The van der Waals surface area contributed by atoms with Crippen molar-refractivity contribution in [1.29, 1.82) is 0 Å². The van der Waals surface area contributed by atoms with Crippen molar-refractivity contribution in [2.75, 3.05) is 0 Å². The molecule has 0 N–H and O–H groups in total. The Bertz CT molecular complexity index is 262. The van der Waals surface area contributed by atoms with E-state index in [1.165, 1.54) is 13.3 Å². The van der Waals surface area contributed by atoms with Crippen molar-refractivity contribution in [3.63, 3.8) is 0 Å². The van der Waals surface area contributed by atoms with Gasteiger partial charge in [0, 0.05) is 0 Å². The molecule has 3 heteroatoms. The fourth-order valence-electron chi connectivity index (χ4n) is 1.96. The predicted molar refractivity (Wildman–Crippen MR) is 57.4 cm³/mol. The third-order valence-electron chi connectivity index (χ3n) is 2.78. The molecule has 0 atom stereocenters. The molecule has 0 aliphatic heterocycles. The van der Waals surface area contributed by atoms with E-state index >= 15 is 0 Å². The third-order valence-corrected chi connectivity index (χ3v) is 2.78. The Labute approximate surface area is 90.5 Å². The van der Waals surface area contributed by atoms with Crippen LogP contribution in [0.15, 0.2) is 12.7 Å². The molecule has 1 saturated carbocycles. The highest BCUT2D eigenvalue weighted by molar-refractivity contribution is 5.94. The molecular formula is C12H18O3. The molecule has 0 unspecified atom stereocenters. The van der Waals surface area contributed by atoms with Gasteiger partial charge in [0.1, 0.15) is 17.8 Å². The molecular weight excluding hydrogens is 192 g/mol. The second-order valence-electron chi connectivity index (χ2n) is 4.18. The van der Waals surface area contributed by atoms with E-state index in [-0.39, 0.29) is 12.2 Å². The van der Waals surface area contributed by atoms with Crippen LogP contribution in [0.25, 0.3) is 0 Å². The van der Waals surface area contributed by atoms with Gasteiger partial charge in [-0.3, -0.25) is 9.59 Å². The average Bonchev–Trinajstić information content (AvgIpc) is 2.17. The molecule has 1 rings (SSSR count). The number of Topliss-reactive ketones (excluding diaryl/α,β-unsaturated/α-hetero) is 1. The van der Waals surface area contributed by atoms with Gasteiger partial charge in [-0.2, -0.15) is 0 Å². The molecule has 0 spiro atoms. The van der Waals surface area contributed by atoms with Crippen molar-refractivity contribution in [3.8, 4) is 0 Å². The van der Waals surface area contributed by atoms with E-state index < -0.39 is 11.6 Å². The minimum absolute atomic E-state index is 0.129. The molecule has 0 aromatic rings. The molecule has 0 radical (unpaired) electrons. The van der Waals surface area contributed by atoms with Crippen molar-refractivity contribution in [2.24, 2.45) is 0 Å². The standard InChI is InChI=1S/C12H18O3/c1-3-12(7-5-4-6-8-12)15-11(14)9-10(2)13/h3H,1,4-9H2,2H3. The molecule has 0 amide bonds. The second kappa shape index (κ2) is 5.10. The summed E-state index contributed by atoms with van der Waals surface area (Å²) >= 11 is 0. The minimum Gasteiger partial charge on any atom is -0.454 e.